The lowest BCUT2D eigenvalue weighted by molar-refractivity contribution is 0.238. The molecule has 0 radical (unpaired) electrons. The molecule has 0 aromatic heterocycles. The molecule has 0 atom stereocenters. The Morgan fingerprint density at radius 3 is 2.53 bits per heavy atom. The fraction of sp³-hybridized carbons (Fsp3) is 0.538. The molecular weight excluding hydrogens is 186 g/mol. The van der Waals surface area contributed by atoms with Crippen molar-refractivity contribution in [3.8, 4) is 5.75 Å². The van der Waals surface area contributed by atoms with Crippen LogP contribution in [0.2, 0.25) is 0 Å². The lowest BCUT2D eigenvalue weighted by Crippen LogP contribution is -2.22. The van der Waals surface area contributed by atoms with Gasteiger partial charge in [0.05, 0.1) is 6.10 Å². The van der Waals surface area contributed by atoms with Crippen LogP contribution in [-0.4, -0.2) is 6.10 Å². The fourth-order valence-corrected chi connectivity index (χ4v) is 2.02. The van der Waals surface area contributed by atoms with E-state index in [0.717, 1.165) is 18.6 Å². The molecule has 0 aliphatic heterocycles. The van der Waals surface area contributed by atoms with Gasteiger partial charge in [0.15, 0.2) is 0 Å². The molecule has 2 N–H and O–H groups in total. The Morgan fingerprint density at radius 2 is 2.00 bits per heavy atom. The molecule has 1 aromatic rings. The van der Waals surface area contributed by atoms with Crippen molar-refractivity contribution in [2.75, 3.05) is 0 Å². The minimum Gasteiger partial charge on any atom is -0.491 e. The number of benzene rings is 1. The first-order valence-corrected chi connectivity index (χ1v) is 5.58. The zero-order valence-corrected chi connectivity index (χ0v) is 9.71. The third-order valence-corrected chi connectivity index (χ3v) is 2.88. The Morgan fingerprint density at radius 1 is 1.33 bits per heavy atom. The predicted octanol–water partition coefficient (Wildman–Crippen LogP) is 2.73. The summed E-state index contributed by atoms with van der Waals surface area (Å²) in [5.41, 5.74) is 8.60. The molecule has 2 heteroatoms. The Balaban J connectivity index is 2.40. The van der Waals surface area contributed by atoms with Gasteiger partial charge in [-0.2, -0.15) is 0 Å². The quantitative estimate of drug-likeness (QED) is 0.823. The van der Waals surface area contributed by atoms with Crippen LogP contribution in [0.25, 0.3) is 0 Å². The number of aryl methyl sites for hydroxylation is 1. The van der Waals surface area contributed by atoms with E-state index >= 15 is 0 Å². The van der Waals surface area contributed by atoms with Gasteiger partial charge < -0.3 is 10.5 Å². The molecule has 1 aromatic carbocycles. The predicted molar refractivity (Wildman–Crippen MR) is 62.0 cm³/mol. The molecule has 2 rings (SSSR count). The second-order valence-electron chi connectivity index (χ2n) is 4.77. The Labute approximate surface area is 91.4 Å². The molecular formula is C13H19NO. The minimum atomic E-state index is -0.116. The van der Waals surface area contributed by atoms with Crippen molar-refractivity contribution in [2.24, 2.45) is 5.73 Å². The van der Waals surface area contributed by atoms with Gasteiger partial charge in [-0.25, -0.2) is 0 Å². The highest BCUT2D eigenvalue weighted by molar-refractivity contribution is 5.47. The van der Waals surface area contributed by atoms with Crippen molar-refractivity contribution in [1.82, 2.24) is 0 Å². The van der Waals surface area contributed by atoms with Crippen LogP contribution in [0.1, 0.15) is 37.8 Å². The first kappa shape index (κ1) is 10.5. The van der Waals surface area contributed by atoms with Crippen LogP contribution in [0.3, 0.4) is 0 Å². The van der Waals surface area contributed by atoms with Gasteiger partial charge in [0, 0.05) is 11.1 Å². The zero-order valence-electron chi connectivity index (χ0n) is 9.71. The first-order chi connectivity index (χ1) is 7.03. The largest absolute Gasteiger partial charge is 0.491 e. The average molecular weight is 205 g/mol. The summed E-state index contributed by atoms with van der Waals surface area (Å²) >= 11 is 0. The SMILES string of the molecule is Cc1cccc(OC(C)C)c1C1(N)CC1. The van der Waals surface area contributed by atoms with Crippen LogP contribution in [0, 0.1) is 6.92 Å². The summed E-state index contributed by atoms with van der Waals surface area (Å²) in [5.74, 6) is 0.963. The van der Waals surface area contributed by atoms with Crippen LogP contribution in [0.5, 0.6) is 5.75 Å². The molecule has 0 bridgehead atoms. The van der Waals surface area contributed by atoms with Crippen molar-refractivity contribution in [1.29, 1.82) is 0 Å². The smallest absolute Gasteiger partial charge is 0.125 e. The number of nitrogens with two attached hydrogens (primary N) is 1. The summed E-state index contributed by atoms with van der Waals surface area (Å²) in [6, 6.07) is 6.16. The van der Waals surface area contributed by atoms with Gasteiger partial charge in [-0.3, -0.25) is 0 Å². The van der Waals surface area contributed by atoms with E-state index in [1.807, 2.05) is 26.0 Å². The molecule has 2 nitrogen and oxygen atoms in total. The molecule has 0 spiro atoms. The third kappa shape index (κ3) is 2.00. The molecule has 0 saturated heterocycles. The average Bonchev–Trinajstić information content (AvgIpc) is 2.83. The molecule has 15 heavy (non-hydrogen) atoms. The third-order valence-electron chi connectivity index (χ3n) is 2.88. The molecule has 0 amide bonds. The van der Waals surface area contributed by atoms with Crippen LogP contribution in [0.4, 0.5) is 0 Å². The van der Waals surface area contributed by atoms with Gasteiger partial charge in [-0.05, 0) is 45.2 Å². The van der Waals surface area contributed by atoms with Crippen molar-refractivity contribution in [3.63, 3.8) is 0 Å². The van der Waals surface area contributed by atoms with Crippen molar-refractivity contribution in [2.45, 2.75) is 45.3 Å². The molecule has 0 unspecified atom stereocenters. The topological polar surface area (TPSA) is 35.2 Å². The lowest BCUT2D eigenvalue weighted by Gasteiger charge is -2.20. The normalized spacial score (nSPS) is 17.9. The van der Waals surface area contributed by atoms with E-state index in [2.05, 4.69) is 13.0 Å². The van der Waals surface area contributed by atoms with Crippen molar-refractivity contribution >= 4 is 0 Å². The van der Waals surface area contributed by atoms with E-state index in [0.29, 0.717) is 0 Å². The van der Waals surface area contributed by atoms with Gasteiger partial charge in [-0.1, -0.05) is 12.1 Å². The number of rotatable bonds is 3. The molecule has 82 valence electrons. The van der Waals surface area contributed by atoms with Crippen LogP contribution in [-0.2, 0) is 5.54 Å². The monoisotopic (exact) mass is 205 g/mol. The Kier molecular flexibility index (Phi) is 2.47. The van der Waals surface area contributed by atoms with Crippen LogP contribution < -0.4 is 10.5 Å². The number of hydrogen-bond donors (Lipinski definition) is 1. The second-order valence-corrected chi connectivity index (χ2v) is 4.77. The van der Waals surface area contributed by atoms with E-state index in [9.17, 15) is 0 Å². The highest BCUT2D eigenvalue weighted by Gasteiger charge is 2.43. The van der Waals surface area contributed by atoms with Gasteiger partial charge in [0.2, 0.25) is 0 Å². The van der Waals surface area contributed by atoms with Crippen molar-refractivity contribution in [3.05, 3.63) is 29.3 Å². The minimum absolute atomic E-state index is 0.116. The fourth-order valence-electron chi connectivity index (χ4n) is 2.02. The van der Waals surface area contributed by atoms with Crippen molar-refractivity contribution < 1.29 is 4.74 Å². The van der Waals surface area contributed by atoms with Gasteiger partial charge in [0.1, 0.15) is 5.75 Å². The Bertz CT molecular complexity index is 367. The van der Waals surface area contributed by atoms with E-state index in [1.54, 1.807) is 0 Å². The standard InChI is InChI=1S/C13H19NO/c1-9(2)15-11-6-4-5-10(3)12(11)13(14)7-8-13/h4-6,9H,7-8,14H2,1-3H3. The first-order valence-electron chi connectivity index (χ1n) is 5.58. The summed E-state index contributed by atoms with van der Waals surface area (Å²) in [5, 5.41) is 0. The number of hydrogen-bond acceptors (Lipinski definition) is 2. The number of ether oxygens (including phenoxy) is 1. The second kappa shape index (κ2) is 3.53. The van der Waals surface area contributed by atoms with Crippen LogP contribution in [0.15, 0.2) is 18.2 Å². The summed E-state index contributed by atoms with van der Waals surface area (Å²) in [7, 11) is 0. The summed E-state index contributed by atoms with van der Waals surface area (Å²) in [6.07, 6.45) is 2.35. The maximum absolute atomic E-state index is 6.27. The van der Waals surface area contributed by atoms with Gasteiger partial charge in [-0.15, -0.1) is 0 Å². The maximum atomic E-state index is 6.27. The molecule has 0 heterocycles. The van der Waals surface area contributed by atoms with Gasteiger partial charge >= 0.3 is 0 Å². The van der Waals surface area contributed by atoms with Crippen LogP contribution >= 0.6 is 0 Å². The van der Waals surface area contributed by atoms with E-state index < -0.39 is 0 Å². The summed E-state index contributed by atoms with van der Waals surface area (Å²) in [4.78, 5) is 0. The highest BCUT2D eigenvalue weighted by Crippen LogP contribution is 2.48. The lowest BCUT2D eigenvalue weighted by atomic mass is 9.99. The maximum Gasteiger partial charge on any atom is 0.125 e. The highest BCUT2D eigenvalue weighted by atomic mass is 16.5. The van der Waals surface area contributed by atoms with E-state index in [4.69, 9.17) is 10.5 Å². The molecule has 1 aliphatic rings. The molecule has 1 saturated carbocycles. The van der Waals surface area contributed by atoms with Gasteiger partial charge in [0.25, 0.3) is 0 Å². The Hall–Kier alpha value is -1.02. The zero-order chi connectivity index (χ0) is 11.1. The van der Waals surface area contributed by atoms with E-state index in [1.165, 1.54) is 11.1 Å². The molecule has 1 aliphatic carbocycles. The summed E-state index contributed by atoms with van der Waals surface area (Å²) < 4.78 is 5.81. The molecule has 1 fully saturated rings. The summed E-state index contributed by atoms with van der Waals surface area (Å²) in [6.45, 7) is 6.19. The van der Waals surface area contributed by atoms with E-state index in [-0.39, 0.29) is 11.6 Å².